The summed E-state index contributed by atoms with van der Waals surface area (Å²) in [4.78, 5) is 0. The highest BCUT2D eigenvalue weighted by Gasteiger charge is 2.30. The molecule has 0 radical (unpaired) electrons. The van der Waals surface area contributed by atoms with Crippen molar-refractivity contribution in [3.05, 3.63) is 63.1 Å². The SMILES string of the molecule is Cc1ccc(C2CC(Nc3ccc(Cl)cc3Br)C2)cc1. The topological polar surface area (TPSA) is 12.0 Å². The molecule has 0 saturated heterocycles. The molecule has 0 bridgehead atoms. The maximum atomic E-state index is 5.96. The van der Waals surface area contributed by atoms with Crippen molar-refractivity contribution in [2.45, 2.75) is 31.7 Å². The van der Waals surface area contributed by atoms with E-state index in [4.69, 9.17) is 11.6 Å². The fraction of sp³-hybridized carbons (Fsp3) is 0.294. The number of hydrogen-bond donors (Lipinski definition) is 1. The van der Waals surface area contributed by atoms with E-state index in [2.05, 4.69) is 52.4 Å². The molecule has 1 saturated carbocycles. The largest absolute Gasteiger partial charge is 0.381 e. The van der Waals surface area contributed by atoms with Crippen LogP contribution in [0.2, 0.25) is 5.02 Å². The molecule has 3 heteroatoms. The van der Waals surface area contributed by atoms with Gasteiger partial charge in [-0.3, -0.25) is 0 Å². The van der Waals surface area contributed by atoms with Gasteiger partial charge in [0.15, 0.2) is 0 Å². The van der Waals surface area contributed by atoms with E-state index in [1.54, 1.807) is 0 Å². The number of nitrogens with one attached hydrogen (secondary N) is 1. The van der Waals surface area contributed by atoms with Gasteiger partial charge in [-0.05, 0) is 65.4 Å². The number of rotatable bonds is 3. The van der Waals surface area contributed by atoms with E-state index < -0.39 is 0 Å². The lowest BCUT2D eigenvalue weighted by molar-refractivity contribution is 0.374. The molecule has 3 rings (SSSR count). The Bertz CT molecular complexity index is 603. The van der Waals surface area contributed by atoms with Gasteiger partial charge < -0.3 is 5.32 Å². The molecule has 0 aromatic heterocycles. The molecule has 0 unspecified atom stereocenters. The summed E-state index contributed by atoms with van der Waals surface area (Å²) in [5.74, 6) is 0.694. The van der Waals surface area contributed by atoms with Gasteiger partial charge in [0.25, 0.3) is 0 Å². The standard InChI is InChI=1S/C17H17BrClN/c1-11-2-4-12(5-3-11)13-8-15(9-13)20-17-7-6-14(19)10-16(17)18/h2-7,10,13,15,20H,8-9H2,1H3. The molecule has 1 aliphatic rings. The molecular weight excluding hydrogens is 334 g/mol. The molecule has 2 aromatic rings. The molecule has 0 aliphatic heterocycles. The van der Waals surface area contributed by atoms with Crippen LogP contribution in [0.25, 0.3) is 0 Å². The van der Waals surface area contributed by atoms with Gasteiger partial charge in [-0.2, -0.15) is 0 Å². The van der Waals surface area contributed by atoms with Crippen LogP contribution in [0.5, 0.6) is 0 Å². The lowest BCUT2D eigenvalue weighted by atomic mass is 9.75. The molecule has 1 fully saturated rings. The van der Waals surface area contributed by atoms with Gasteiger partial charge in [0.1, 0.15) is 0 Å². The average Bonchev–Trinajstić information content (AvgIpc) is 2.37. The summed E-state index contributed by atoms with van der Waals surface area (Å²) in [5, 5.41) is 4.34. The molecule has 104 valence electrons. The van der Waals surface area contributed by atoms with Crippen LogP contribution < -0.4 is 5.32 Å². The Hall–Kier alpha value is -0.990. The van der Waals surface area contributed by atoms with Crippen molar-refractivity contribution in [2.24, 2.45) is 0 Å². The van der Waals surface area contributed by atoms with Crippen LogP contribution in [0.4, 0.5) is 5.69 Å². The first-order valence-corrected chi connectivity index (χ1v) is 8.07. The predicted molar refractivity (Wildman–Crippen MR) is 89.7 cm³/mol. The van der Waals surface area contributed by atoms with E-state index in [-0.39, 0.29) is 0 Å². The quantitative estimate of drug-likeness (QED) is 0.741. The Morgan fingerprint density at radius 1 is 1.10 bits per heavy atom. The summed E-state index contributed by atoms with van der Waals surface area (Å²) in [6, 6.07) is 15.4. The Balaban J connectivity index is 1.59. The molecular formula is C17H17BrClN. The lowest BCUT2D eigenvalue weighted by Crippen LogP contribution is -2.34. The molecule has 1 N–H and O–H groups in total. The predicted octanol–water partition coefficient (Wildman–Crippen LogP) is 5.77. The van der Waals surface area contributed by atoms with Crippen molar-refractivity contribution in [3.8, 4) is 0 Å². The highest BCUT2D eigenvalue weighted by molar-refractivity contribution is 9.10. The highest BCUT2D eigenvalue weighted by atomic mass is 79.9. The Labute approximate surface area is 133 Å². The third-order valence-corrected chi connectivity index (χ3v) is 4.87. The summed E-state index contributed by atoms with van der Waals surface area (Å²) in [6.45, 7) is 2.13. The zero-order valence-electron chi connectivity index (χ0n) is 11.4. The summed E-state index contributed by atoms with van der Waals surface area (Å²) in [7, 11) is 0. The van der Waals surface area contributed by atoms with E-state index in [1.165, 1.54) is 24.0 Å². The third-order valence-electron chi connectivity index (χ3n) is 3.98. The van der Waals surface area contributed by atoms with Gasteiger partial charge in [0.2, 0.25) is 0 Å². The van der Waals surface area contributed by atoms with Crippen molar-refractivity contribution in [1.29, 1.82) is 0 Å². The fourth-order valence-corrected chi connectivity index (χ4v) is 3.47. The van der Waals surface area contributed by atoms with Gasteiger partial charge >= 0.3 is 0 Å². The Morgan fingerprint density at radius 3 is 2.45 bits per heavy atom. The van der Waals surface area contributed by atoms with Crippen molar-refractivity contribution >= 4 is 33.2 Å². The molecule has 0 amide bonds. The zero-order valence-corrected chi connectivity index (χ0v) is 13.7. The van der Waals surface area contributed by atoms with E-state index in [0.29, 0.717) is 12.0 Å². The molecule has 0 spiro atoms. The summed E-state index contributed by atoms with van der Waals surface area (Å²) in [6.07, 6.45) is 2.39. The van der Waals surface area contributed by atoms with Crippen LogP contribution >= 0.6 is 27.5 Å². The molecule has 0 atom stereocenters. The molecule has 0 heterocycles. The second-order valence-electron chi connectivity index (χ2n) is 5.54. The van der Waals surface area contributed by atoms with Crippen molar-refractivity contribution < 1.29 is 0 Å². The van der Waals surface area contributed by atoms with E-state index in [1.807, 2.05) is 18.2 Å². The normalized spacial score (nSPS) is 21.4. The first kappa shape index (κ1) is 14.0. The average molecular weight is 351 g/mol. The second-order valence-corrected chi connectivity index (χ2v) is 6.84. The summed E-state index contributed by atoms with van der Waals surface area (Å²) >= 11 is 9.51. The van der Waals surface area contributed by atoms with Crippen molar-refractivity contribution in [3.63, 3.8) is 0 Å². The zero-order chi connectivity index (χ0) is 14.1. The minimum absolute atomic E-state index is 0.554. The summed E-state index contributed by atoms with van der Waals surface area (Å²) in [5.41, 5.74) is 3.92. The molecule has 2 aromatic carbocycles. The van der Waals surface area contributed by atoms with Crippen LogP contribution in [-0.4, -0.2) is 6.04 Å². The second kappa shape index (κ2) is 5.79. The number of anilines is 1. The van der Waals surface area contributed by atoms with E-state index in [0.717, 1.165) is 15.2 Å². The van der Waals surface area contributed by atoms with Gasteiger partial charge in [-0.15, -0.1) is 0 Å². The number of halogens is 2. The Kier molecular flexibility index (Phi) is 4.04. The van der Waals surface area contributed by atoms with Crippen LogP contribution in [-0.2, 0) is 0 Å². The maximum absolute atomic E-state index is 5.96. The van der Waals surface area contributed by atoms with Crippen molar-refractivity contribution in [2.75, 3.05) is 5.32 Å². The first-order chi connectivity index (χ1) is 9.61. The molecule has 1 nitrogen and oxygen atoms in total. The van der Waals surface area contributed by atoms with Crippen LogP contribution in [0.1, 0.15) is 29.9 Å². The summed E-state index contributed by atoms with van der Waals surface area (Å²) < 4.78 is 1.03. The highest BCUT2D eigenvalue weighted by Crippen LogP contribution is 2.39. The monoisotopic (exact) mass is 349 g/mol. The number of hydrogen-bond acceptors (Lipinski definition) is 1. The van der Waals surface area contributed by atoms with Gasteiger partial charge in [-0.25, -0.2) is 0 Å². The third kappa shape index (κ3) is 3.02. The van der Waals surface area contributed by atoms with Gasteiger partial charge in [-0.1, -0.05) is 41.4 Å². The van der Waals surface area contributed by atoms with Crippen LogP contribution in [0.3, 0.4) is 0 Å². The number of aryl methyl sites for hydroxylation is 1. The van der Waals surface area contributed by atoms with E-state index >= 15 is 0 Å². The van der Waals surface area contributed by atoms with Crippen LogP contribution in [0.15, 0.2) is 46.9 Å². The van der Waals surface area contributed by atoms with Crippen molar-refractivity contribution in [1.82, 2.24) is 0 Å². The maximum Gasteiger partial charge on any atom is 0.0487 e. The minimum atomic E-state index is 0.554. The fourth-order valence-electron chi connectivity index (χ4n) is 2.67. The van der Waals surface area contributed by atoms with Crippen LogP contribution in [0, 0.1) is 6.92 Å². The Morgan fingerprint density at radius 2 is 1.80 bits per heavy atom. The minimum Gasteiger partial charge on any atom is -0.381 e. The van der Waals surface area contributed by atoms with Gasteiger partial charge in [0.05, 0.1) is 0 Å². The molecule has 1 aliphatic carbocycles. The lowest BCUT2D eigenvalue weighted by Gasteiger charge is -2.37. The first-order valence-electron chi connectivity index (χ1n) is 6.90. The smallest absolute Gasteiger partial charge is 0.0487 e. The van der Waals surface area contributed by atoms with E-state index in [9.17, 15) is 0 Å². The molecule has 20 heavy (non-hydrogen) atoms. The van der Waals surface area contributed by atoms with Gasteiger partial charge in [0, 0.05) is 21.2 Å². The number of benzene rings is 2.